The zero-order valence-electron chi connectivity index (χ0n) is 20.9. The number of hydrogen-bond acceptors (Lipinski definition) is 5. The van der Waals surface area contributed by atoms with E-state index in [0.29, 0.717) is 0 Å². The van der Waals surface area contributed by atoms with Crippen molar-refractivity contribution in [2.75, 3.05) is 50.7 Å². The molecule has 0 spiro atoms. The van der Waals surface area contributed by atoms with Crippen molar-refractivity contribution in [1.29, 1.82) is 0 Å². The van der Waals surface area contributed by atoms with Gasteiger partial charge in [-0.25, -0.2) is 9.78 Å². The number of piperazine rings is 1. The number of nitrogens with zero attached hydrogens (tertiary/aromatic N) is 5. The largest absolute Gasteiger partial charge is 0.444 e. The summed E-state index contributed by atoms with van der Waals surface area (Å²) < 4.78 is 7.65. The number of carbonyl (C=O) groups excluding carboxylic acids is 1. The van der Waals surface area contributed by atoms with Gasteiger partial charge in [-0.15, -0.1) is 0 Å². The summed E-state index contributed by atoms with van der Waals surface area (Å²) in [7, 11) is 2.06. The second kappa shape index (κ2) is 9.75. The topological polar surface area (TPSA) is 53.8 Å². The van der Waals surface area contributed by atoms with Crippen molar-refractivity contribution in [2.45, 2.75) is 46.1 Å². The molecule has 7 heteroatoms. The highest BCUT2D eigenvalue weighted by molar-refractivity contribution is 5.68. The number of carbonyl (C=O) groups is 1. The molecule has 0 radical (unpaired) electrons. The Bertz CT molecular complexity index is 931. The van der Waals surface area contributed by atoms with Crippen molar-refractivity contribution in [3.63, 3.8) is 0 Å². The highest BCUT2D eigenvalue weighted by atomic mass is 16.6. The number of anilines is 1. The van der Waals surface area contributed by atoms with Crippen LogP contribution in [-0.2, 0) is 11.8 Å². The van der Waals surface area contributed by atoms with Crippen molar-refractivity contribution in [3.05, 3.63) is 36.3 Å². The van der Waals surface area contributed by atoms with Gasteiger partial charge in [0.25, 0.3) is 0 Å². The first-order valence-electron chi connectivity index (χ1n) is 12.2. The summed E-state index contributed by atoms with van der Waals surface area (Å²) in [6.07, 6.45) is 4.20. The minimum absolute atomic E-state index is 0.181. The van der Waals surface area contributed by atoms with Gasteiger partial charge < -0.3 is 19.1 Å². The predicted molar refractivity (Wildman–Crippen MR) is 133 cm³/mol. The van der Waals surface area contributed by atoms with E-state index in [9.17, 15) is 4.79 Å². The molecule has 2 saturated heterocycles. The van der Waals surface area contributed by atoms with Crippen LogP contribution >= 0.6 is 0 Å². The van der Waals surface area contributed by atoms with Crippen LogP contribution in [0.2, 0.25) is 0 Å². The van der Waals surface area contributed by atoms with Crippen LogP contribution in [0.25, 0.3) is 11.3 Å². The Hall–Kier alpha value is -2.54. The third kappa shape index (κ3) is 5.88. The third-order valence-corrected chi connectivity index (χ3v) is 6.90. The fraction of sp³-hybridized carbons (Fsp3) is 0.615. The fourth-order valence-electron chi connectivity index (χ4n) is 4.79. The second-order valence-corrected chi connectivity index (χ2v) is 10.5. The van der Waals surface area contributed by atoms with E-state index in [-0.39, 0.29) is 6.09 Å². The minimum Gasteiger partial charge on any atom is -0.444 e. The van der Waals surface area contributed by atoms with Crippen LogP contribution in [0.15, 0.2) is 30.5 Å². The van der Waals surface area contributed by atoms with E-state index in [2.05, 4.69) is 50.7 Å². The number of rotatable bonds is 4. The Morgan fingerprint density at radius 1 is 1.03 bits per heavy atom. The lowest BCUT2D eigenvalue weighted by Crippen LogP contribution is -2.51. The quantitative estimate of drug-likeness (QED) is 0.696. The zero-order valence-corrected chi connectivity index (χ0v) is 20.9. The van der Waals surface area contributed by atoms with E-state index in [1.54, 1.807) is 0 Å². The number of aryl methyl sites for hydroxylation is 1. The Labute approximate surface area is 198 Å². The van der Waals surface area contributed by atoms with Crippen molar-refractivity contribution in [2.24, 2.45) is 13.0 Å². The molecule has 7 nitrogen and oxygen atoms in total. The standard InChI is InChI=1S/C26H39N5O2/c1-20-27-18-24(28(20)5)22-6-8-23(9-7-22)30-12-10-21(11-13-30)19-29-14-16-31(17-15-29)25(32)33-26(2,3)4/h6-9,18,21H,10-17,19H2,1-5H3. The zero-order chi connectivity index (χ0) is 23.6. The van der Waals surface area contributed by atoms with Crippen LogP contribution in [0.4, 0.5) is 10.5 Å². The van der Waals surface area contributed by atoms with E-state index in [1.807, 2.05) is 38.8 Å². The lowest BCUT2D eigenvalue weighted by molar-refractivity contribution is 0.0130. The molecule has 3 heterocycles. The van der Waals surface area contributed by atoms with Gasteiger partial charge in [-0.1, -0.05) is 12.1 Å². The predicted octanol–water partition coefficient (Wildman–Crippen LogP) is 4.16. The number of benzene rings is 1. The maximum atomic E-state index is 12.3. The van der Waals surface area contributed by atoms with Crippen LogP contribution in [0.3, 0.4) is 0 Å². The fourth-order valence-corrected chi connectivity index (χ4v) is 4.79. The molecular formula is C26H39N5O2. The third-order valence-electron chi connectivity index (χ3n) is 6.90. The maximum absolute atomic E-state index is 12.3. The highest BCUT2D eigenvalue weighted by Gasteiger charge is 2.28. The Morgan fingerprint density at radius 3 is 2.21 bits per heavy atom. The van der Waals surface area contributed by atoms with Crippen molar-refractivity contribution >= 4 is 11.8 Å². The first-order valence-corrected chi connectivity index (χ1v) is 12.2. The van der Waals surface area contributed by atoms with Crippen LogP contribution in [0, 0.1) is 12.8 Å². The second-order valence-electron chi connectivity index (χ2n) is 10.5. The molecule has 0 unspecified atom stereocenters. The molecule has 1 aromatic heterocycles. The van der Waals surface area contributed by atoms with Crippen LogP contribution in [-0.4, -0.2) is 76.9 Å². The molecule has 0 bridgehead atoms. The molecule has 2 fully saturated rings. The molecule has 2 aliphatic heterocycles. The average molecular weight is 454 g/mol. The van der Waals surface area contributed by atoms with Gasteiger partial charge in [-0.3, -0.25) is 4.90 Å². The van der Waals surface area contributed by atoms with Crippen LogP contribution in [0.1, 0.15) is 39.4 Å². The minimum atomic E-state index is -0.430. The molecule has 4 rings (SSSR count). The Morgan fingerprint density at radius 2 is 1.67 bits per heavy atom. The van der Waals surface area contributed by atoms with Gasteiger partial charge in [0, 0.05) is 58.5 Å². The lowest BCUT2D eigenvalue weighted by Gasteiger charge is -2.39. The first kappa shape index (κ1) is 23.6. The molecule has 2 aromatic rings. The number of hydrogen-bond donors (Lipinski definition) is 0. The summed E-state index contributed by atoms with van der Waals surface area (Å²) in [5, 5.41) is 0. The molecule has 0 aliphatic carbocycles. The molecule has 2 aliphatic rings. The lowest BCUT2D eigenvalue weighted by atomic mass is 9.95. The normalized spacial score (nSPS) is 18.6. The van der Waals surface area contributed by atoms with E-state index < -0.39 is 5.60 Å². The molecule has 0 N–H and O–H groups in total. The van der Waals surface area contributed by atoms with Gasteiger partial charge in [0.15, 0.2) is 0 Å². The van der Waals surface area contributed by atoms with Gasteiger partial charge in [-0.2, -0.15) is 0 Å². The monoisotopic (exact) mass is 453 g/mol. The molecule has 180 valence electrons. The highest BCUT2D eigenvalue weighted by Crippen LogP contribution is 2.27. The van der Waals surface area contributed by atoms with Crippen LogP contribution < -0.4 is 4.90 Å². The van der Waals surface area contributed by atoms with E-state index in [0.717, 1.165) is 63.2 Å². The molecule has 0 atom stereocenters. The van der Waals surface area contributed by atoms with Crippen LogP contribution in [0.5, 0.6) is 0 Å². The Kier molecular flexibility index (Phi) is 6.98. The SMILES string of the molecule is Cc1ncc(-c2ccc(N3CCC(CN4CCN(C(=O)OC(C)(C)C)CC4)CC3)cc2)n1C. The van der Waals surface area contributed by atoms with Gasteiger partial charge in [0.2, 0.25) is 0 Å². The summed E-state index contributed by atoms with van der Waals surface area (Å²) in [5.74, 6) is 1.76. The molecule has 0 saturated carbocycles. The van der Waals surface area contributed by atoms with Crippen molar-refractivity contribution in [3.8, 4) is 11.3 Å². The Balaban J connectivity index is 1.22. The van der Waals surface area contributed by atoms with Gasteiger partial charge in [-0.05, 0) is 64.2 Å². The van der Waals surface area contributed by atoms with Gasteiger partial charge in [0.1, 0.15) is 11.4 Å². The van der Waals surface area contributed by atoms with Gasteiger partial charge in [0.05, 0.1) is 11.9 Å². The average Bonchev–Trinajstić information content (AvgIpc) is 3.12. The molecule has 1 aromatic carbocycles. The van der Waals surface area contributed by atoms with E-state index in [1.165, 1.54) is 24.1 Å². The maximum Gasteiger partial charge on any atom is 0.410 e. The van der Waals surface area contributed by atoms with Gasteiger partial charge >= 0.3 is 6.09 Å². The summed E-state index contributed by atoms with van der Waals surface area (Å²) in [5.41, 5.74) is 3.24. The number of aromatic nitrogens is 2. The van der Waals surface area contributed by atoms with Crippen molar-refractivity contribution < 1.29 is 9.53 Å². The first-order chi connectivity index (χ1) is 15.7. The van der Waals surface area contributed by atoms with E-state index >= 15 is 0 Å². The number of imidazole rings is 1. The summed E-state index contributed by atoms with van der Waals surface area (Å²) >= 11 is 0. The molecule has 33 heavy (non-hydrogen) atoms. The van der Waals surface area contributed by atoms with Crippen molar-refractivity contribution in [1.82, 2.24) is 19.4 Å². The molecule has 1 amide bonds. The number of ether oxygens (including phenoxy) is 1. The summed E-state index contributed by atoms with van der Waals surface area (Å²) in [6.45, 7) is 14.5. The summed E-state index contributed by atoms with van der Waals surface area (Å²) in [4.78, 5) is 23.6. The number of amides is 1. The number of piperidine rings is 1. The van der Waals surface area contributed by atoms with E-state index in [4.69, 9.17) is 4.74 Å². The smallest absolute Gasteiger partial charge is 0.410 e. The molecular weight excluding hydrogens is 414 g/mol. The summed E-state index contributed by atoms with van der Waals surface area (Å²) in [6, 6.07) is 8.91.